The fourth-order valence-corrected chi connectivity index (χ4v) is 3.96. The van der Waals surface area contributed by atoms with Gasteiger partial charge in [0.2, 0.25) is 5.91 Å². The van der Waals surface area contributed by atoms with E-state index in [1.807, 2.05) is 0 Å². The van der Waals surface area contributed by atoms with Crippen LogP contribution in [0.5, 0.6) is 0 Å². The summed E-state index contributed by atoms with van der Waals surface area (Å²) in [6.45, 7) is 1.32. The van der Waals surface area contributed by atoms with Crippen LogP contribution in [0.1, 0.15) is 31.2 Å². The fraction of sp³-hybridized carbons (Fsp3) is 0.231. The van der Waals surface area contributed by atoms with Gasteiger partial charge in [0, 0.05) is 43.6 Å². The van der Waals surface area contributed by atoms with Gasteiger partial charge < -0.3 is 24.4 Å². The van der Waals surface area contributed by atoms with Crippen LogP contribution >= 0.6 is 0 Å². The summed E-state index contributed by atoms with van der Waals surface area (Å²) in [5.41, 5.74) is 1.64. The van der Waals surface area contributed by atoms with E-state index < -0.39 is 11.8 Å². The molecule has 0 spiro atoms. The molecular weight excluding hydrogens is 467 g/mol. The number of anilines is 1. The molecule has 1 N–H and O–H groups in total. The SMILES string of the molecule is COC(=O)c1ccc(NC(=O)Cn2cccc2C(=O)N2CCN(C(=O)c3ccc(F)cc3)CC2)cc1. The topological polar surface area (TPSA) is 101 Å². The van der Waals surface area contributed by atoms with Gasteiger partial charge in [0.05, 0.1) is 12.7 Å². The van der Waals surface area contributed by atoms with E-state index in [0.29, 0.717) is 48.7 Å². The Balaban J connectivity index is 1.33. The lowest BCUT2D eigenvalue weighted by Gasteiger charge is -2.35. The second-order valence-electron chi connectivity index (χ2n) is 8.23. The normalized spacial score (nSPS) is 13.3. The molecule has 0 radical (unpaired) electrons. The summed E-state index contributed by atoms with van der Waals surface area (Å²) in [5.74, 6) is -1.65. The second-order valence-corrected chi connectivity index (χ2v) is 8.23. The maximum Gasteiger partial charge on any atom is 0.337 e. The Morgan fingerprint density at radius 3 is 2.03 bits per heavy atom. The van der Waals surface area contributed by atoms with Crippen molar-refractivity contribution in [3.63, 3.8) is 0 Å². The number of hydrogen-bond acceptors (Lipinski definition) is 5. The fourth-order valence-electron chi connectivity index (χ4n) is 3.96. The van der Waals surface area contributed by atoms with E-state index >= 15 is 0 Å². The Bertz CT molecular complexity index is 1260. The molecule has 0 bridgehead atoms. The van der Waals surface area contributed by atoms with E-state index in [4.69, 9.17) is 0 Å². The zero-order valence-corrected chi connectivity index (χ0v) is 19.6. The summed E-state index contributed by atoms with van der Waals surface area (Å²) in [7, 11) is 1.29. The van der Waals surface area contributed by atoms with Crippen molar-refractivity contribution in [2.75, 3.05) is 38.6 Å². The summed E-state index contributed by atoms with van der Waals surface area (Å²) >= 11 is 0. The predicted octanol–water partition coefficient (Wildman–Crippen LogP) is 2.65. The van der Waals surface area contributed by atoms with Crippen molar-refractivity contribution in [1.82, 2.24) is 14.4 Å². The highest BCUT2D eigenvalue weighted by Gasteiger charge is 2.27. The van der Waals surface area contributed by atoms with Gasteiger partial charge in [0.1, 0.15) is 18.1 Å². The third-order valence-corrected chi connectivity index (χ3v) is 5.90. The molecule has 1 aliphatic rings. The van der Waals surface area contributed by atoms with Crippen LogP contribution in [0.25, 0.3) is 0 Å². The minimum absolute atomic E-state index is 0.0736. The van der Waals surface area contributed by atoms with Gasteiger partial charge in [0.25, 0.3) is 11.8 Å². The number of methoxy groups -OCH3 is 1. The molecule has 10 heteroatoms. The summed E-state index contributed by atoms with van der Waals surface area (Å²) < 4.78 is 19.4. The van der Waals surface area contributed by atoms with E-state index in [1.54, 1.807) is 57.0 Å². The van der Waals surface area contributed by atoms with E-state index in [2.05, 4.69) is 10.1 Å². The van der Waals surface area contributed by atoms with Gasteiger partial charge in [-0.1, -0.05) is 0 Å². The number of halogens is 1. The average Bonchev–Trinajstić information content (AvgIpc) is 3.36. The Hall–Kier alpha value is -4.47. The number of carbonyl (C=O) groups excluding carboxylic acids is 4. The number of nitrogens with one attached hydrogen (secondary N) is 1. The van der Waals surface area contributed by atoms with Gasteiger partial charge in [-0.15, -0.1) is 0 Å². The highest BCUT2D eigenvalue weighted by molar-refractivity contribution is 5.96. The summed E-state index contributed by atoms with van der Waals surface area (Å²) in [5, 5.41) is 2.74. The van der Waals surface area contributed by atoms with Crippen LogP contribution in [0, 0.1) is 5.82 Å². The lowest BCUT2D eigenvalue weighted by atomic mass is 10.1. The molecule has 9 nitrogen and oxygen atoms in total. The highest BCUT2D eigenvalue weighted by Crippen LogP contribution is 2.15. The number of aromatic nitrogens is 1. The quantitative estimate of drug-likeness (QED) is 0.534. The van der Waals surface area contributed by atoms with Crippen LogP contribution in [-0.4, -0.2) is 71.3 Å². The number of rotatable bonds is 6. The maximum absolute atomic E-state index is 13.1. The van der Waals surface area contributed by atoms with E-state index in [9.17, 15) is 23.6 Å². The first-order valence-corrected chi connectivity index (χ1v) is 11.3. The van der Waals surface area contributed by atoms with Crippen molar-refractivity contribution in [3.05, 3.63) is 89.5 Å². The summed E-state index contributed by atoms with van der Waals surface area (Å²) in [6.07, 6.45) is 1.65. The Kier molecular flexibility index (Phi) is 7.43. The van der Waals surface area contributed by atoms with Gasteiger partial charge >= 0.3 is 5.97 Å². The molecule has 3 amide bonds. The van der Waals surface area contributed by atoms with Crippen LogP contribution in [0.3, 0.4) is 0 Å². The molecule has 1 aromatic heterocycles. The lowest BCUT2D eigenvalue weighted by molar-refractivity contribution is -0.116. The monoisotopic (exact) mass is 492 g/mol. The molecule has 4 rings (SSSR count). The first-order chi connectivity index (χ1) is 17.4. The number of ether oxygens (including phenoxy) is 1. The number of carbonyl (C=O) groups is 4. The minimum atomic E-state index is -0.468. The molecule has 1 fully saturated rings. The van der Waals surface area contributed by atoms with Gasteiger partial charge in [-0.05, 0) is 60.7 Å². The maximum atomic E-state index is 13.1. The van der Waals surface area contributed by atoms with Gasteiger partial charge in [-0.3, -0.25) is 14.4 Å². The molecule has 3 aromatic rings. The van der Waals surface area contributed by atoms with Crippen LogP contribution in [0.2, 0.25) is 0 Å². The molecule has 0 atom stereocenters. The lowest BCUT2D eigenvalue weighted by Crippen LogP contribution is -2.51. The minimum Gasteiger partial charge on any atom is -0.465 e. The first-order valence-electron chi connectivity index (χ1n) is 11.3. The van der Waals surface area contributed by atoms with Crippen molar-refractivity contribution in [1.29, 1.82) is 0 Å². The van der Waals surface area contributed by atoms with E-state index in [-0.39, 0.29) is 24.3 Å². The molecule has 1 aliphatic heterocycles. The second kappa shape index (κ2) is 10.9. The van der Waals surface area contributed by atoms with Crippen molar-refractivity contribution in [3.8, 4) is 0 Å². The number of amides is 3. The molecular formula is C26H25FN4O5. The van der Waals surface area contributed by atoms with Crippen LogP contribution in [0.15, 0.2) is 66.9 Å². The average molecular weight is 493 g/mol. The van der Waals surface area contributed by atoms with Crippen molar-refractivity contribution in [2.24, 2.45) is 0 Å². The zero-order chi connectivity index (χ0) is 25.7. The molecule has 186 valence electrons. The standard InChI is InChI=1S/C26H25FN4O5/c1-36-26(35)19-6-10-21(11-7-19)28-23(32)17-31-12-2-3-22(31)25(34)30-15-13-29(14-16-30)24(33)18-4-8-20(27)9-5-18/h2-12H,13-17H2,1H3,(H,28,32). The number of hydrogen-bond donors (Lipinski definition) is 1. The molecule has 0 aliphatic carbocycles. The Labute approximate surface area is 207 Å². The third-order valence-electron chi connectivity index (χ3n) is 5.90. The molecule has 2 heterocycles. The number of benzene rings is 2. The van der Waals surface area contributed by atoms with Gasteiger partial charge in [0.15, 0.2) is 0 Å². The van der Waals surface area contributed by atoms with Gasteiger partial charge in [-0.25, -0.2) is 9.18 Å². The van der Waals surface area contributed by atoms with Crippen molar-refractivity contribution < 1.29 is 28.3 Å². The highest BCUT2D eigenvalue weighted by atomic mass is 19.1. The first kappa shape index (κ1) is 24.6. The van der Waals surface area contributed by atoms with Crippen LogP contribution in [0.4, 0.5) is 10.1 Å². The summed E-state index contributed by atoms with van der Waals surface area (Å²) in [4.78, 5) is 53.1. The molecule has 2 aromatic carbocycles. The Morgan fingerprint density at radius 2 is 1.42 bits per heavy atom. The smallest absolute Gasteiger partial charge is 0.337 e. The van der Waals surface area contributed by atoms with Crippen molar-refractivity contribution in [2.45, 2.75) is 6.54 Å². The van der Waals surface area contributed by atoms with Crippen molar-refractivity contribution >= 4 is 29.4 Å². The van der Waals surface area contributed by atoms with Crippen LogP contribution < -0.4 is 5.32 Å². The zero-order valence-electron chi connectivity index (χ0n) is 19.6. The number of esters is 1. The Morgan fingerprint density at radius 1 is 0.833 bits per heavy atom. The van der Waals surface area contributed by atoms with Gasteiger partial charge in [-0.2, -0.15) is 0 Å². The number of piperazine rings is 1. The number of nitrogens with zero attached hydrogens (tertiary/aromatic N) is 3. The molecule has 0 saturated carbocycles. The predicted molar refractivity (Wildman–Crippen MR) is 129 cm³/mol. The largest absolute Gasteiger partial charge is 0.465 e. The third kappa shape index (κ3) is 5.60. The molecule has 36 heavy (non-hydrogen) atoms. The van der Waals surface area contributed by atoms with E-state index in [1.165, 1.54) is 31.4 Å². The van der Waals surface area contributed by atoms with Crippen LogP contribution in [-0.2, 0) is 16.1 Å². The summed E-state index contributed by atoms with van der Waals surface area (Å²) in [6, 6.07) is 15.0. The molecule has 1 saturated heterocycles. The van der Waals surface area contributed by atoms with E-state index in [0.717, 1.165) is 0 Å². The molecule has 0 unspecified atom stereocenters.